The maximum Gasteiger partial charge on any atom is 0.255 e. The molecular formula is C23H25FN6O3. The second kappa shape index (κ2) is 8.77. The van der Waals surface area contributed by atoms with Gasteiger partial charge in [-0.3, -0.25) is 9.78 Å². The van der Waals surface area contributed by atoms with Gasteiger partial charge < -0.3 is 20.8 Å². The third-order valence-electron chi connectivity index (χ3n) is 5.72. The molecule has 4 N–H and O–H groups in total. The van der Waals surface area contributed by atoms with Gasteiger partial charge in [0.1, 0.15) is 12.2 Å². The van der Waals surface area contributed by atoms with Crippen LogP contribution in [0.25, 0.3) is 16.9 Å². The Morgan fingerprint density at radius 2 is 2.12 bits per heavy atom. The molecule has 0 aliphatic heterocycles. The van der Waals surface area contributed by atoms with Crippen LogP contribution < -0.4 is 10.6 Å². The van der Waals surface area contributed by atoms with Gasteiger partial charge in [-0.15, -0.1) is 0 Å². The summed E-state index contributed by atoms with van der Waals surface area (Å²) in [5.74, 6) is -0.528. The summed E-state index contributed by atoms with van der Waals surface area (Å²) in [5, 5.41) is 38.6. The van der Waals surface area contributed by atoms with E-state index in [4.69, 9.17) is 5.26 Å². The monoisotopic (exact) mass is 452 g/mol. The van der Waals surface area contributed by atoms with Crippen molar-refractivity contribution >= 4 is 17.1 Å². The number of carbonyl (C=O) groups is 1. The molecule has 0 aromatic carbocycles. The molecule has 3 aromatic heterocycles. The fraction of sp³-hybridized carbons (Fsp3) is 0.391. The minimum absolute atomic E-state index is 0.00697. The van der Waals surface area contributed by atoms with Gasteiger partial charge in [-0.25, -0.2) is 8.91 Å². The minimum atomic E-state index is -1.64. The number of carbonyl (C=O) groups excluding carboxylic acids is 1. The summed E-state index contributed by atoms with van der Waals surface area (Å²) in [6, 6.07) is 9.11. The normalized spacial score (nSPS) is 18.9. The van der Waals surface area contributed by atoms with Gasteiger partial charge in [-0.05, 0) is 51.0 Å². The number of aliphatic hydroxyl groups excluding tert-OH is 1. The summed E-state index contributed by atoms with van der Waals surface area (Å²) in [5.41, 5.74) is 1.53. The van der Waals surface area contributed by atoms with Crippen molar-refractivity contribution in [3.05, 3.63) is 47.8 Å². The number of anilines is 1. The maximum absolute atomic E-state index is 14.1. The van der Waals surface area contributed by atoms with Crippen LogP contribution in [0.1, 0.15) is 42.6 Å². The number of nitriles is 1. The molecule has 4 rings (SSSR count). The van der Waals surface area contributed by atoms with E-state index in [0.717, 1.165) is 5.52 Å². The minimum Gasteiger partial charge on any atom is -0.393 e. The Kier molecular flexibility index (Phi) is 6.01. The van der Waals surface area contributed by atoms with Crippen LogP contribution in [0.4, 0.5) is 10.1 Å². The van der Waals surface area contributed by atoms with E-state index in [1.807, 2.05) is 12.1 Å². The Hall–Kier alpha value is -3.55. The summed E-state index contributed by atoms with van der Waals surface area (Å²) in [7, 11) is 0. The van der Waals surface area contributed by atoms with Crippen molar-refractivity contribution in [1.29, 1.82) is 5.26 Å². The largest absolute Gasteiger partial charge is 0.393 e. The van der Waals surface area contributed by atoms with Crippen molar-refractivity contribution < 1.29 is 19.4 Å². The van der Waals surface area contributed by atoms with Gasteiger partial charge in [-0.2, -0.15) is 10.4 Å². The van der Waals surface area contributed by atoms with E-state index in [0.29, 0.717) is 35.5 Å². The number of alkyl halides is 1. The van der Waals surface area contributed by atoms with Crippen LogP contribution in [0.3, 0.4) is 0 Å². The van der Waals surface area contributed by atoms with E-state index < -0.39 is 17.7 Å². The Bertz CT molecular complexity index is 1220. The molecule has 0 bridgehead atoms. The van der Waals surface area contributed by atoms with Crippen molar-refractivity contribution in [1.82, 2.24) is 19.9 Å². The fourth-order valence-electron chi connectivity index (χ4n) is 3.60. The van der Waals surface area contributed by atoms with Crippen molar-refractivity contribution in [2.24, 2.45) is 0 Å². The van der Waals surface area contributed by atoms with E-state index in [1.165, 1.54) is 26.2 Å². The summed E-state index contributed by atoms with van der Waals surface area (Å²) in [6.07, 6.45) is 1.95. The predicted octanol–water partition coefficient (Wildman–Crippen LogP) is 2.04. The van der Waals surface area contributed by atoms with Gasteiger partial charge >= 0.3 is 0 Å². The van der Waals surface area contributed by atoms with E-state index in [-0.39, 0.29) is 24.3 Å². The highest BCUT2D eigenvalue weighted by Crippen LogP contribution is 2.29. The molecule has 0 spiro atoms. The van der Waals surface area contributed by atoms with Crippen molar-refractivity contribution in [2.45, 2.75) is 50.6 Å². The van der Waals surface area contributed by atoms with Crippen LogP contribution in [-0.4, -0.2) is 61.2 Å². The van der Waals surface area contributed by atoms with Crippen LogP contribution in [0.2, 0.25) is 0 Å². The number of aromatic nitrogens is 3. The number of hydrogen-bond donors (Lipinski definition) is 4. The van der Waals surface area contributed by atoms with Gasteiger partial charge in [0.25, 0.3) is 5.91 Å². The molecule has 3 heterocycles. The molecule has 0 radical (unpaired) electrons. The summed E-state index contributed by atoms with van der Waals surface area (Å²) < 4.78 is 15.8. The van der Waals surface area contributed by atoms with Gasteiger partial charge in [-0.1, -0.05) is 0 Å². The number of amides is 1. The van der Waals surface area contributed by atoms with Crippen LogP contribution in [-0.2, 0) is 0 Å². The second-order valence-corrected chi connectivity index (χ2v) is 8.82. The first-order valence-corrected chi connectivity index (χ1v) is 10.6. The molecule has 1 amide bonds. The average Bonchev–Trinajstić information content (AvgIpc) is 3.18. The lowest BCUT2D eigenvalue weighted by Crippen LogP contribution is -2.42. The zero-order valence-corrected chi connectivity index (χ0v) is 18.3. The molecule has 0 saturated heterocycles. The number of nitrogens with zero attached hydrogens (tertiary/aromatic N) is 4. The topological polar surface area (TPSA) is 136 Å². The van der Waals surface area contributed by atoms with Crippen LogP contribution >= 0.6 is 0 Å². The standard InChI is InChI=1S/C23H25FN6O3/c1-23(2,33)21(24)12-27-22(32)17-11-26-19(8-18(17)29-14-6-16(31)7-14)20-4-3-15-5-13(9-25)10-28-30(15)20/h3-5,8,10-11,14,16,21,31,33H,6-7,12H2,1-2H3,(H,26,29)(H,27,32)/t14?,16?,21-/m1/s1. The van der Waals surface area contributed by atoms with E-state index >= 15 is 0 Å². The number of rotatable bonds is 7. The smallest absolute Gasteiger partial charge is 0.255 e. The lowest BCUT2D eigenvalue weighted by atomic mass is 9.89. The van der Waals surface area contributed by atoms with E-state index in [2.05, 4.69) is 26.8 Å². The van der Waals surface area contributed by atoms with Crippen LogP contribution in [0, 0.1) is 11.3 Å². The summed E-state index contributed by atoms with van der Waals surface area (Å²) >= 11 is 0. The molecule has 0 unspecified atom stereocenters. The van der Waals surface area contributed by atoms with Gasteiger partial charge in [0.05, 0.1) is 58.2 Å². The third-order valence-corrected chi connectivity index (χ3v) is 5.72. The summed E-state index contributed by atoms with van der Waals surface area (Å²) in [6.45, 7) is 2.33. The summed E-state index contributed by atoms with van der Waals surface area (Å²) in [4.78, 5) is 17.2. The average molecular weight is 452 g/mol. The number of fused-ring (bicyclic) bond motifs is 1. The molecule has 1 aliphatic carbocycles. The molecule has 1 saturated carbocycles. The van der Waals surface area contributed by atoms with E-state index in [1.54, 1.807) is 16.6 Å². The number of aliphatic hydroxyl groups is 2. The van der Waals surface area contributed by atoms with Gasteiger partial charge in [0.2, 0.25) is 0 Å². The molecule has 1 fully saturated rings. The zero-order valence-electron chi connectivity index (χ0n) is 18.3. The molecular weight excluding hydrogens is 427 g/mol. The zero-order chi connectivity index (χ0) is 23.8. The van der Waals surface area contributed by atoms with Crippen molar-refractivity contribution in [3.8, 4) is 17.5 Å². The Morgan fingerprint density at radius 3 is 2.79 bits per heavy atom. The molecule has 33 heavy (non-hydrogen) atoms. The number of hydrogen-bond acceptors (Lipinski definition) is 7. The number of nitrogens with one attached hydrogen (secondary N) is 2. The fourth-order valence-corrected chi connectivity index (χ4v) is 3.60. The lowest BCUT2D eigenvalue weighted by molar-refractivity contribution is -0.00177. The van der Waals surface area contributed by atoms with Crippen LogP contribution in [0.15, 0.2) is 36.7 Å². The van der Waals surface area contributed by atoms with Crippen molar-refractivity contribution in [3.63, 3.8) is 0 Å². The first-order valence-electron chi connectivity index (χ1n) is 10.6. The molecule has 10 heteroatoms. The van der Waals surface area contributed by atoms with E-state index in [9.17, 15) is 19.4 Å². The highest BCUT2D eigenvalue weighted by atomic mass is 19.1. The number of halogens is 1. The lowest BCUT2D eigenvalue weighted by Gasteiger charge is -2.33. The maximum atomic E-state index is 14.1. The highest BCUT2D eigenvalue weighted by Gasteiger charge is 2.30. The first-order chi connectivity index (χ1) is 15.7. The molecule has 1 aliphatic rings. The van der Waals surface area contributed by atoms with Crippen molar-refractivity contribution in [2.75, 3.05) is 11.9 Å². The Labute approximate surface area is 189 Å². The third kappa shape index (κ3) is 4.79. The quantitative estimate of drug-likeness (QED) is 0.431. The molecule has 1 atom stereocenters. The first kappa shape index (κ1) is 22.6. The molecule has 3 aromatic rings. The predicted molar refractivity (Wildman–Crippen MR) is 119 cm³/mol. The van der Waals surface area contributed by atoms with Gasteiger partial charge in [0.15, 0.2) is 0 Å². The van der Waals surface area contributed by atoms with Gasteiger partial charge in [0, 0.05) is 12.2 Å². The molecule has 172 valence electrons. The Balaban J connectivity index is 1.64. The number of pyridine rings is 1. The molecule has 9 nitrogen and oxygen atoms in total. The van der Waals surface area contributed by atoms with Crippen LogP contribution in [0.5, 0.6) is 0 Å². The Morgan fingerprint density at radius 1 is 1.36 bits per heavy atom. The highest BCUT2D eigenvalue weighted by molar-refractivity contribution is 6.00. The SMILES string of the molecule is CC(C)(O)[C@H](F)CNC(=O)c1cnc(-c2ccc3cc(C#N)cnn23)cc1NC1CC(O)C1. The second-order valence-electron chi connectivity index (χ2n) is 8.82.